The minimum Gasteiger partial charge on any atom is -0.497 e. The second-order valence-corrected chi connectivity index (χ2v) is 7.23. The fourth-order valence-electron chi connectivity index (χ4n) is 3.56. The fourth-order valence-corrected chi connectivity index (χ4v) is 3.56. The number of methoxy groups -OCH3 is 4. The maximum atomic E-state index is 5.41. The lowest BCUT2D eigenvalue weighted by atomic mass is 9.99. The molecule has 0 atom stereocenters. The van der Waals surface area contributed by atoms with E-state index in [2.05, 4.69) is 48.5 Å². The summed E-state index contributed by atoms with van der Waals surface area (Å²) >= 11 is 0. The van der Waals surface area contributed by atoms with Crippen molar-refractivity contribution >= 4 is 0 Å². The van der Waals surface area contributed by atoms with Crippen molar-refractivity contribution in [3.8, 4) is 23.0 Å². The van der Waals surface area contributed by atoms with E-state index in [9.17, 15) is 0 Å². The van der Waals surface area contributed by atoms with E-state index in [1.54, 1.807) is 28.4 Å². The maximum absolute atomic E-state index is 5.41. The highest BCUT2D eigenvalue weighted by atomic mass is 16.5. The van der Waals surface area contributed by atoms with Crippen molar-refractivity contribution < 1.29 is 18.9 Å². The fraction of sp³-hybridized carbons (Fsp3) is 0.308. The molecule has 0 heterocycles. The molecule has 0 aromatic heterocycles. The Balaban J connectivity index is 1.62. The molecule has 0 aliphatic rings. The van der Waals surface area contributed by atoms with Gasteiger partial charge in [-0.25, -0.2) is 0 Å². The summed E-state index contributed by atoms with van der Waals surface area (Å²) in [6, 6.07) is 21.0. The molecule has 4 heteroatoms. The van der Waals surface area contributed by atoms with Crippen LogP contribution in [0.2, 0.25) is 0 Å². The van der Waals surface area contributed by atoms with Crippen LogP contribution < -0.4 is 18.9 Å². The molecule has 30 heavy (non-hydrogen) atoms. The average molecular weight is 407 g/mol. The normalized spacial score (nSPS) is 10.5. The molecule has 0 amide bonds. The van der Waals surface area contributed by atoms with E-state index in [1.807, 2.05) is 12.1 Å². The summed E-state index contributed by atoms with van der Waals surface area (Å²) in [5, 5.41) is 0. The van der Waals surface area contributed by atoms with Crippen molar-refractivity contribution in [2.45, 2.75) is 25.7 Å². The Bertz CT molecular complexity index is 943. The molecule has 3 rings (SSSR count). The van der Waals surface area contributed by atoms with Gasteiger partial charge in [-0.3, -0.25) is 0 Å². The molecule has 0 fully saturated rings. The molecule has 0 saturated heterocycles. The van der Waals surface area contributed by atoms with E-state index in [4.69, 9.17) is 18.9 Å². The van der Waals surface area contributed by atoms with Gasteiger partial charge in [-0.15, -0.1) is 0 Å². The second-order valence-electron chi connectivity index (χ2n) is 7.23. The molecule has 4 nitrogen and oxygen atoms in total. The Hall–Kier alpha value is -3.14. The zero-order chi connectivity index (χ0) is 21.3. The van der Waals surface area contributed by atoms with Gasteiger partial charge in [-0.05, 0) is 72.2 Å². The molecule has 0 saturated carbocycles. The Morgan fingerprint density at radius 3 is 1.53 bits per heavy atom. The van der Waals surface area contributed by atoms with Crippen LogP contribution in [0.3, 0.4) is 0 Å². The zero-order valence-electron chi connectivity index (χ0n) is 18.2. The van der Waals surface area contributed by atoms with Crippen LogP contribution in [-0.4, -0.2) is 28.4 Å². The second kappa shape index (κ2) is 10.6. The summed E-state index contributed by atoms with van der Waals surface area (Å²) in [5.41, 5.74) is 5.12. The monoisotopic (exact) mass is 406 g/mol. The van der Waals surface area contributed by atoms with Gasteiger partial charge in [0.15, 0.2) is 11.5 Å². The molecule has 0 N–H and O–H groups in total. The van der Waals surface area contributed by atoms with Gasteiger partial charge in [0.2, 0.25) is 0 Å². The minimum atomic E-state index is 0.762. The van der Waals surface area contributed by atoms with Crippen molar-refractivity contribution in [1.82, 2.24) is 0 Å². The zero-order valence-corrected chi connectivity index (χ0v) is 18.2. The van der Waals surface area contributed by atoms with Crippen molar-refractivity contribution in [1.29, 1.82) is 0 Å². The highest BCUT2D eigenvalue weighted by Gasteiger charge is 2.06. The van der Waals surface area contributed by atoms with Gasteiger partial charge in [0.25, 0.3) is 0 Å². The van der Waals surface area contributed by atoms with Crippen LogP contribution in [0.4, 0.5) is 0 Å². The van der Waals surface area contributed by atoms with Crippen LogP contribution in [0.5, 0.6) is 23.0 Å². The van der Waals surface area contributed by atoms with E-state index in [1.165, 1.54) is 22.3 Å². The average Bonchev–Trinajstić information content (AvgIpc) is 2.81. The molecule has 158 valence electrons. The Morgan fingerprint density at radius 2 is 1.00 bits per heavy atom. The van der Waals surface area contributed by atoms with Crippen molar-refractivity contribution in [3.63, 3.8) is 0 Å². The van der Waals surface area contributed by atoms with Crippen LogP contribution in [0, 0.1) is 0 Å². The summed E-state index contributed by atoms with van der Waals surface area (Å²) in [6.45, 7) is 0. The predicted octanol–water partition coefficient (Wildman–Crippen LogP) is 5.29. The summed E-state index contributed by atoms with van der Waals surface area (Å²) in [5.74, 6) is 3.19. The van der Waals surface area contributed by atoms with E-state index >= 15 is 0 Å². The van der Waals surface area contributed by atoms with E-state index in [-0.39, 0.29) is 0 Å². The van der Waals surface area contributed by atoms with Gasteiger partial charge in [0, 0.05) is 6.07 Å². The highest BCUT2D eigenvalue weighted by Crippen LogP contribution is 2.28. The first-order valence-electron chi connectivity index (χ1n) is 10.2. The summed E-state index contributed by atoms with van der Waals surface area (Å²) < 4.78 is 21.5. The lowest BCUT2D eigenvalue weighted by Crippen LogP contribution is -1.97. The molecular formula is C26H30O4. The molecular weight excluding hydrogens is 376 g/mol. The maximum Gasteiger partial charge on any atom is 0.160 e. The smallest absolute Gasteiger partial charge is 0.160 e. The Labute approximate surface area is 179 Å². The van der Waals surface area contributed by atoms with Gasteiger partial charge in [-0.2, -0.15) is 0 Å². The third-order valence-corrected chi connectivity index (χ3v) is 5.26. The van der Waals surface area contributed by atoms with Crippen molar-refractivity contribution in [2.75, 3.05) is 28.4 Å². The van der Waals surface area contributed by atoms with Gasteiger partial charge in [-0.1, -0.05) is 30.3 Å². The van der Waals surface area contributed by atoms with Crippen LogP contribution in [0.15, 0.2) is 60.7 Å². The predicted molar refractivity (Wildman–Crippen MR) is 120 cm³/mol. The first kappa shape index (κ1) is 21.6. The quantitative estimate of drug-likeness (QED) is 0.458. The first-order valence-corrected chi connectivity index (χ1v) is 10.2. The SMILES string of the molecule is COc1cc(CCc2cccc(CCc3ccc(OC)c(OC)c3)c2)cc(OC)c1. The number of hydrogen-bond acceptors (Lipinski definition) is 4. The molecule has 0 spiro atoms. The summed E-state index contributed by atoms with van der Waals surface area (Å²) in [4.78, 5) is 0. The number of hydrogen-bond donors (Lipinski definition) is 0. The third kappa shape index (κ3) is 5.69. The largest absolute Gasteiger partial charge is 0.497 e. The van der Waals surface area contributed by atoms with Gasteiger partial charge in [0.05, 0.1) is 28.4 Å². The molecule has 3 aromatic carbocycles. The van der Waals surface area contributed by atoms with Crippen LogP contribution in [0.25, 0.3) is 0 Å². The Kier molecular flexibility index (Phi) is 7.61. The molecule has 3 aromatic rings. The molecule has 0 aliphatic carbocycles. The third-order valence-electron chi connectivity index (χ3n) is 5.26. The van der Waals surface area contributed by atoms with E-state index < -0.39 is 0 Å². The lowest BCUT2D eigenvalue weighted by molar-refractivity contribution is 0.354. The number of rotatable bonds is 10. The van der Waals surface area contributed by atoms with Gasteiger partial charge >= 0.3 is 0 Å². The van der Waals surface area contributed by atoms with E-state index in [0.717, 1.165) is 48.7 Å². The Morgan fingerprint density at radius 1 is 0.467 bits per heavy atom. The molecule has 0 bridgehead atoms. The number of aryl methyl sites for hydroxylation is 4. The van der Waals surface area contributed by atoms with Crippen LogP contribution in [0.1, 0.15) is 22.3 Å². The number of benzene rings is 3. The first-order chi connectivity index (χ1) is 14.6. The lowest BCUT2D eigenvalue weighted by Gasteiger charge is -2.11. The molecule has 0 radical (unpaired) electrons. The summed E-state index contributed by atoms with van der Waals surface area (Å²) in [7, 11) is 6.69. The van der Waals surface area contributed by atoms with Crippen LogP contribution >= 0.6 is 0 Å². The topological polar surface area (TPSA) is 36.9 Å². The van der Waals surface area contributed by atoms with E-state index in [0.29, 0.717) is 0 Å². The summed E-state index contributed by atoms with van der Waals surface area (Å²) in [6.07, 6.45) is 3.85. The minimum absolute atomic E-state index is 0.762. The van der Waals surface area contributed by atoms with Gasteiger partial charge in [0.1, 0.15) is 11.5 Å². The standard InChI is InChI=1S/C26H30O4/c1-27-23-15-22(16-24(18-23)28-2)11-10-20-7-5-6-19(14-20)8-9-21-12-13-25(29-3)26(17-21)30-4/h5-7,12-18H,8-11H2,1-4H3. The molecule has 0 unspecified atom stereocenters. The van der Waals surface area contributed by atoms with Crippen molar-refractivity contribution in [2.24, 2.45) is 0 Å². The van der Waals surface area contributed by atoms with Crippen molar-refractivity contribution in [3.05, 3.63) is 82.9 Å². The van der Waals surface area contributed by atoms with Crippen LogP contribution in [-0.2, 0) is 25.7 Å². The molecule has 0 aliphatic heterocycles. The number of ether oxygens (including phenoxy) is 4. The highest BCUT2D eigenvalue weighted by molar-refractivity contribution is 5.43. The van der Waals surface area contributed by atoms with Gasteiger partial charge < -0.3 is 18.9 Å².